The van der Waals surface area contributed by atoms with Crippen LogP contribution in [0.25, 0.3) is 0 Å². The number of amides is 2. The number of carbonyl (C=O) groups is 2. The molecule has 2 rings (SSSR count). The van der Waals surface area contributed by atoms with Crippen LogP contribution in [0.5, 0.6) is 0 Å². The molecule has 1 aliphatic rings. The molecule has 0 bridgehead atoms. The van der Waals surface area contributed by atoms with Gasteiger partial charge in [0, 0.05) is 18.7 Å². The van der Waals surface area contributed by atoms with Crippen molar-refractivity contribution in [3.63, 3.8) is 0 Å². The third-order valence-corrected chi connectivity index (χ3v) is 3.22. The number of halogens is 1. The van der Waals surface area contributed by atoms with Gasteiger partial charge >= 0.3 is 0 Å². The zero-order valence-corrected chi connectivity index (χ0v) is 10.9. The van der Waals surface area contributed by atoms with Gasteiger partial charge in [-0.3, -0.25) is 9.59 Å². The van der Waals surface area contributed by atoms with E-state index in [2.05, 4.69) is 5.32 Å². The van der Waals surface area contributed by atoms with Gasteiger partial charge in [0.2, 0.25) is 5.91 Å². The topological polar surface area (TPSA) is 49.4 Å². The minimum Gasteiger partial charge on any atom is -0.341 e. The highest BCUT2D eigenvalue weighted by Gasteiger charge is 2.24. The maximum atomic E-state index is 13.0. The molecule has 19 heavy (non-hydrogen) atoms. The van der Waals surface area contributed by atoms with E-state index in [1.807, 2.05) is 0 Å². The summed E-state index contributed by atoms with van der Waals surface area (Å²) in [7, 11) is 0. The van der Waals surface area contributed by atoms with Crippen molar-refractivity contribution in [3.05, 3.63) is 35.6 Å². The van der Waals surface area contributed by atoms with Gasteiger partial charge in [-0.05, 0) is 38.0 Å². The fraction of sp³-hybridized carbons (Fsp3) is 0.429. The van der Waals surface area contributed by atoms with Gasteiger partial charge in [0.1, 0.15) is 11.9 Å². The van der Waals surface area contributed by atoms with E-state index >= 15 is 0 Å². The summed E-state index contributed by atoms with van der Waals surface area (Å²) >= 11 is 0. The molecule has 1 saturated heterocycles. The molecule has 0 saturated carbocycles. The third-order valence-electron chi connectivity index (χ3n) is 3.22. The van der Waals surface area contributed by atoms with Crippen molar-refractivity contribution in [1.29, 1.82) is 0 Å². The van der Waals surface area contributed by atoms with E-state index in [0.717, 1.165) is 32.0 Å². The molecule has 0 radical (unpaired) electrons. The Hall–Kier alpha value is -1.91. The number of hydrogen-bond acceptors (Lipinski definition) is 2. The molecule has 1 fully saturated rings. The van der Waals surface area contributed by atoms with Crippen LogP contribution in [0.3, 0.4) is 0 Å². The Balaban J connectivity index is 1.96. The summed E-state index contributed by atoms with van der Waals surface area (Å²) in [4.78, 5) is 25.6. The average molecular weight is 264 g/mol. The van der Waals surface area contributed by atoms with Crippen LogP contribution in [-0.4, -0.2) is 35.8 Å². The summed E-state index contributed by atoms with van der Waals surface area (Å²) in [6.07, 6.45) is 2.02. The fourth-order valence-electron chi connectivity index (χ4n) is 2.18. The highest BCUT2D eigenvalue weighted by molar-refractivity contribution is 5.97. The highest BCUT2D eigenvalue weighted by atomic mass is 19.1. The van der Waals surface area contributed by atoms with Crippen molar-refractivity contribution in [1.82, 2.24) is 10.2 Å². The van der Waals surface area contributed by atoms with Gasteiger partial charge in [-0.25, -0.2) is 4.39 Å². The number of likely N-dealkylation sites (tertiary alicyclic amines) is 1. The standard InChI is InChI=1S/C14H17FN2O2/c1-10(14(19)17-7-2-3-8-17)16-13(18)11-5-4-6-12(15)9-11/h4-6,9-10H,2-3,7-8H2,1H3,(H,16,18)/t10-/m1/s1. The van der Waals surface area contributed by atoms with E-state index in [1.165, 1.54) is 18.2 Å². The largest absolute Gasteiger partial charge is 0.341 e. The normalized spacial score (nSPS) is 16.2. The highest BCUT2D eigenvalue weighted by Crippen LogP contribution is 2.09. The van der Waals surface area contributed by atoms with Crippen LogP contribution >= 0.6 is 0 Å². The quantitative estimate of drug-likeness (QED) is 0.900. The Morgan fingerprint density at radius 2 is 2.00 bits per heavy atom. The molecular weight excluding hydrogens is 247 g/mol. The summed E-state index contributed by atoms with van der Waals surface area (Å²) in [5.74, 6) is -0.979. The van der Waals surface area contributed by atoms with Gasteiger partial charge in [0.25, 0.3) is 5.91 Å². The molecule has 0 aromatic heterocycles. The Kier molecular flexibility index (Phi) is 4.14. The summed E-state index contributed by atoms with van der Waals surface area (Å²) in [5, 5.41) is 2.60. The first-order chi connectivity index (χ1) is 9.08. The molecule has 0 spiro atoms. The molecule has 2 amide bonds. The van der Waals surface area contributed by atoms with Crippen LogP contribution in [0.1, 0.15) is 30.1 Å². The molecule has 1 aromatic carbocycles. The molecule has 4 nitrogen and oxygen atoms in total. The second-order valence-corrected chi connectivity index (χ2v) is 4.74. The van der Waals surface area contributed by atoms with Crippen LogP contribution in [0.4, 0.5) is 4.39 Å². The van der Waals surface area contributed by atoms with Gasteiger partial charge in [-0.15, -0.1) is 0 Å². The third kappa shape index (κ3) is 3.30. The maximum Gasteiger partial charge on any atom is 0.252 e. The Morgan fingerprint density at radius 3 is 2.63 bits per heavy atom. The number of rotatable bonds is 3. The minimum atomic E-state index is -0.589. The summed E-state index contributed by atoms with van der Waals surface area (Å²) in [6, 6.07) is 4.83. The van der Waals surface area contributed by atoms with E-state index in [9.17, 15) is 14.0 Å². The average Bonchev–Trinajstić information content (AvgIpc) is 2.91. The van der Waals surface area contributed by atoms with Crippen molar-refractivity contribution in [2.24, 2.45) is 0 Å². The molecule has 5 heteroatoms. The smallest absolute Gasteiger partial charge is 0.252 e. The number of nitrogens with one attached hydrogen (secondary N) is 1. The predicted molar refractivity (Wildman–Crippen MR) is 69.1 cm³/mol. The van der Waals surface area contributed by atoms with Crippen LogP contribution in [0.2, 0.25) is 0 Å². The maximum absolute atomic E-state index is 13.0. The van der Waals surface area contributed by atoms with E-state index in [0.29, 0.717) is 0 Å². The van der Waals surface area contributed by atoms with E-state index in [4.69, 9.17) is 0 Å². The van der Waals surface area contributed by atoms with Crippen molar-refractivity contribution in [2.75, 3.05) is 13.1 Å². The lowest BCUT2D eigenvalue weighted by atomic mass is 10.2. The van der Waals surface area contributed by atoms with Crippen molar-refractivity contribution in [2.45, 2.75) is 25.8 Å². The second-order valence-electron chi connectivity index (χ2n) is 4.74. The van der Waals surface area contributed by atoms with E-state index in [-0.39, 0.29) is 11.5 Å². The van der Waals surface area contributed by atoms with Gasteiger partial charge in [-0.2, -0.15) is 0 Å². The zero-order valence-electron chi connectivity index (χ0n) is 10.9. The molecule has 1 aliphatic heterocycles. The van der Waals surface area contributed by atoms with Gasteiger partial charge in [-0.1, -0.05) is 6.07 Å². The molecule has 102 valence electrons. The zero-order chi connectivity index (χ0) is 13.8. The predicted octanol–water partition coefficient (Wildman–Crippen LogP) is 1.57. The van der Waals surface area contributed by atoms with Crippen LogP contribution < -0.4 is 5.32 Å². The first-order valence-corrected chi connectivity index (χ1v) is 6.43. The number of hydrogen-bond donors (Lipinski definition) is 1. The number of carbonyl (C=O) groups excluding carboxylic acids is 2. The second kappa shape index (κ2) is 5.82. The van der Waals surface area contributed by atoms with Crippen molar-refractivity contribution in [3.8, 4) is 0 Å². The first-order valence-electron chi connectivity index (χ1n) is 6.43. The van der Waals surface area contributed by atoms with Crippen LogP contribution in [0.15, 0.2) is 24.3 Å². The van der Waals surface area contributed by atoms with Crippen LogP contribution in [0, 0.1) is 5.82 Å². The minimum absolute atomic E-state index is 0.0812. The lowest BCUT2D eigenvalue weighted by Gasteiger charge is -2.21. The molecule has 0 aliphatic carbocycles. The Morgan fingerprint density at radius 1 is 1.32 bits per heavy atom. The number of benzene rings is 1. The molecular formula is C14H17FN2O2. The molecule has 1 heterocycles. The lowest BCUT2D eigenvalue weighted by molar-refractivity contribution is -0.131. The molecule has 0 unspecified atom stereocenters. The van der Waals surface area contributed by atoms with E-state index < -0.39 is 17.8 Å². The summed E-state index contributed by atoms with van der Waals surface area (Å²) in [6.45, 7) is 3.15. The van der Waals surface area contributed by atoms with Crippen molar-refractivity contribution >= 4 is 11.8 Å². The summed E-state index contributed by atoms with van der Waals surface area (Å²) in [5.41, 5.74) is 0.223. The summed E-state index contributed by atoms with van der Waals surface area (Å²) < 4.78 is 13.0. The van der Waals surface area contributed by atoms with Gasteiger partial charge in [0.15, 0.2) is 0 Å². The molecule has 1 atom stereocenters. The van der Waals surface area contributed by atoms with Gasteiger partial charge < -0.3 is 10.2 Å². The monoisotopic (exact) mass is 264 g/mol. The number of nitrogens with zero attached hydrogens (tertiary/aromatic N) is 1. The van der Waals surface area contributed by atoms with Crippen LogP contribution in [-0.2, 0) is 4.79 Å². The molecule has 1 N–H and O–H groups in total. The van der Waals surface area contributed by atoms with E-state index in [1.54, 1.807) is 11.8 Å². The van der Waals surface area contributed by atoms with Gasteiger partial charge in [0.05, 0.1) is 0 Å². The Labute approximate surface area is 111 Å². The SMILES string of the molecule is C[C@@H](NC(=O)c1cccc(F)c1)C(=O)N1CCCC1. The molecule has 1 aromatic rings. The Bertz CT molecular complexity index is 484. The van der Waals surface area contributed by atoms with Crippen molar-refractivity contribution < 1.29 is 14.0 Å². The fourth-order valence-corrected chi connectivity index (χ4v) is 2.18. The lowest BCUT2D eigenvalue weighted by Crippen LogP contribution is -2.45. The first kappa shape index (κ1) is 13.5.